The van der Waals surface area contributed by atoms with Crippen LogP contribution in [0, 0.1) is 5.92 Å². The van der Waals surface area contributed by atoms with Crippen molar-refractivity contribution in [3.05, 3.63) is 65.7 Å². The van der Waals surface area contributed by atoms with Gasteiger partial charge >= 0.3 is 0 Å². The van der Waals surface area contributed by atoms with Crippen molar-refractivity contribution < 1.29 is 4.74 Å². The van der Waals surface area contributed by atoms with Gasteiger partial charge in [-0.15, -0.1) is 0 Å². The summed E-state index contributed by atoms with van der Waals surface area (Å²) in [7, 11) is 2.22. The van der Waals surface area contributed by atoms with Gasteiger partial charge in [0.2, 0.25) is 0 Å². The molecule has 1 heterocycles. The van der Waals surface area contributed by atoms with Crippen LogP contribution in [0.25, 0.3) is 0 Å². The third-order valence-electron chi connectivity index (χ3n) is 5.31. The zero-order valence-corrected chi connectivity index (χ0v) is 16.0. The predicted octanol–water partition coefficient (Wildman–Crippen LogP) is 5.10. The van der Waals surface area contributed by atoms with Gasteiger partial charge in [-0.3, -0.25) is 0 Å². The third-order valence-corrected chi connectivity index (χ3v) is 5.31. The fourth-order valence-corrected chi connectivity index (χ4v) is 3.93. The fraction of sp³-hybridized carbons (Fsp3) is 0.478. The molecule has 2 heteroatoms. The molecule has 0 unspecified atom stereocenters. The molecule has 1 fully saturated rings. The van der Waals surface area contributed by atoms with Crippen LogP contribution in [0.4, 0.5) is 0 Å². The number of piperidine rings is 1. The van der Waals surface area contributed by atoms with Gasteiger partial charge in [0.15, 0.2) is 0 Å². The van der Waals surface area contributed by atoms with Gasteiger partial charge in [0.05, 0.1) is 6.61 Å². The highest BCUT2D eigenvalue weighted by Gasteiger charge is 2.30. The summed E-state index contributed by atoms with van der Waals surface area (Å²) in [6.45, 7) is 9.77. The first-order valence-electron chi connectivity index (χ1n) is 9.41. The van der Waals surface area contributed by atoms with Crippen molar-refractivity contribution in [3.63, 3.8) is 0 Å². The van der Waals surface area contributed by atoms with Crippen LogP contribution in [0.3, 0.4) is 0 Å². The molecule has 134 valence electrons. The van der Waals surface area contributed by atoms with Crippen molar-refractivity contribution in [1.82, 2.24) is 4.90 Å². The Morgan fingerprint density at radius 1 is 1.00 bits per heavy atom. The van der Waals surface area contributed by atoms with Gasteiger partial charge in [-0.05, 0) is 48.5 Å². The van der Waals surface area contributed by atoms with Crippen LogP contribution in [0.1, 0.15) is 44.2 Å². The molecule has 0 bridgehead atoms. The van der Waals surface area contributed by atoms with Crippen molar-refractivity contribution in [2.75, 3.05) is 26.7 Å². The van der Waals surface area contributed by atoms with Gasteiger partial charge in [0.1, 0.15) is 5.75 Å². The lowest BCUT2D eigenvalue weighted by Crippen LogP contribution is -2.39. The van der Waals surface area contributed by atoms with Crippen molar-refractivity contribution in [2.24, 2.45) is 5.92 Å². The van der Waals surface area contributed by atoms with E-state index in [-0.39, 0.29) is 5.41 Å². The Morgan fingerprint density at radius 3 is 2.40 bits per heavy atom. The Balaban J connectivity index is 1.76. The number of hydrogen-bond donors (Lipinski definition) is 0. The quantitative estimate of drug-likeness (QED) is 0.770. The Hall–Kier alpha value is -1.80. The molecule has 2 aromatic carbocycles. The molecule has 25 heavy (non-hydrogen) atoms. The smallest absolute Gasteiger partial charge is 0.123 e. The van der Waals surface area contributed by atoms with Crippen LogP contribution in [-0.4, -0.2) is 31.6 Å². The minimum atomic E-state index is 0.0960. The second kappa shape index (κ2) is 7.61. The molecule has 3 rings (SSSR count). The lowest BCUT2D eigenvalue weighted by Gasteiger charge is -2.37. The summed E-state index contributed by atoms with van der Waals surface area (Å²) >= 11 is 0. The summed E-state index contributed by atoms with van der Waals surface area (Å²) in [4.78, 5) is 2.43. The number of nitrogens with zero attached hydrogens (tertiary/aromatic N) is 1. The molecule has 0 N–H and O–H groups in total. The van der Waals surface area contributed by atoms with Crippen LogP contribution in [0.2, 0.25) is 0 Å². The first-order chi connectivity index (χ1) is 11.9. The lowest BCUT2D eigenvalue weighted by molar-refractivity contribution is 0.128. The van der Waals surface area contributed by atoms with Crippen LogP contribution < -0.4 is 4.74 Å². The summed E-state index contributed by atoms with van der Waals surface area (Å²) in [5.74, 6) is 2.14. The molecule has 0 amide bonds. The van der Waals surface area contributed by atoms with E-state index in [1.165, 1.54) is 17.5 Å². The molecular weight excluding hydrogens is 306 g/mol. The van der Waals surface area contributed by atoms with Crippen LogP contribution in [0.5, 0.6) is 5.75 Å². The Labute approximate surface area is 152 Å². The molecule has 0 saturated carbocycles. The molecule has 1 aliphatic heterocycles. The largest absolute Gasteiger partial charge is 0.493 e. The zero-order valence-electron chi connectivity index (χ0n) is 16.0. The second-order valence-electron chi connectivity index (χ2n) is 8.39. The first-order valence-corrected chi connectivity index (χ1v) is 9.41. The minimum absolute atomic E-state index is 0.0960. The molecule has 2 nitrogen and oxygen atoms in total. The van der Waals surface area contributed by atoms with Gasteiger partial charge in [-0.2, -0.15) is 0 Å². The molecule has 2 atom stereocenters. The monoisotopic (exact) mass is 337 g/mol. The fourth-order valence-electron chi connectivity index (χ4n) is 3.93. The van der Waals surface area contributed by atoms with E-state index in [0.29, 0.717) is 11.8 Å². The standard InChI is InChI=1S/C23H31NO/c1-23(2,3)21-12-8-9-13-22(21)25-17-19-16-24(4)15-14-20(19)18-10-6-5-7-11-18/h5-13,19-20H,14-17H2,1-4H3/t19-,20-/m0/s1. The van der Waals surface area contributed by atoms with Gasteiger partial charge in [0.25, 0.3) is 0 Å². The number of benzene rings is 2. The summed E-state index contributed by atoms with van der Waals surface area (Å²) in [5.41, 5.74) is 2.84. The highest BCUT2D eigenvalue weighted by atomic mass is 16.5. The summed E-state index contributed by atoms with van der Waals surface area (Å²) < 4.78 is 6.38. The van der Waals surface area contributed by atoms with Gasteiger partial charge < -0.3 is 9.64 Å². The minimum Gasteiger partial charge on any atom is -0.493 e. The van der Waals surface area contributed by atoms with E-state index < -0.39 is 0 Å². The van der Waals surface area contributed by atoms with Crippen molar-refractivity contribution in [3.8, 4) is 5.75 Å². The van der Waals surface area contributed by atoms with Crippen molar-refractivity contribution >= 4 is 0 Å². The van der Waals surface area contributed by atoms with Gasteiger partial charge in [0, 0.05) is 12.5 Å². The lowest BCUT2D eigenvalue weighted by atomic mass is 9.81. The third kappa shape index (κ3) is 4.43. The van der Waals surface area contributed by atoms with E-state index in [1.807, 2.05) is 0 Å². The summed E-state index contributed by atoms with van der Waals surface area (Å²) in [6, 6.07) is 19.4. The predicted molar refractivity (Wildman–Crippen MR) is 105 cm³/mol. The highest BCUT2D eigenvalue weighted by molar-refractivity contribution is 5.38. The molecule has 1 aliphatic rings. The molecular formula is C23H31NO. The average Bonchev–Trinajstić information content (AvgIpc) is 2.60. The van der Waals surface area contributed by atoms with E-state index in [1.54, 1.807) is 0 Å². The van der Waals surface area contributed by atoms with Gasteiger partial charge in [-0.1, -0.05) is 69.3 Å². The number of likely N-dealkylation sites (tertiary alicyclic amines) is 1. The van der Waals surface area contributed by atoms with Crippen LogP contribution in [-0.2, 0) is 5.41 Å². The maximum absolute atomic E-state index is 6.38. The molecule has 0 radical (unpaired) electrons. The maximum atomic E-state index is 6.38. The Morgan fingerprint density at radius 2 is 1.68 bits per heavy atom. The van der Waals surface area contributed by atoms with Gasteiger partial charge in [-0.25, -0.2) is 0 Å². The van der Waals surface area contributed by atoms with E-state index in [2.05, 4.69) is 87.3 Å². The SMILES string of the molecule is CN1CC[C@@H](c2ccccc2)[C@H](COc2ccccc2C(C)(C)C)C1. The molecule has 0 aromatic heterocycles. The van der Waals surface area contributed by atoms with Crippen molar-refractivity contribution in [1.29, 1.82) is 0 Å². The molecule has 1 saturated heterocycles. The van der Waals surface area contributed by atoms with Crippen LogP contribution >= 0.6 is 0 Å². The highest BCUT2D eigenvalue weighted by Crippen LogP contribution is 2.35. The molecule has 0 aliphatic carbocycles. The number of ether oxygens (including phenoxy) is 1. The number of hydrogen-bond acceptors (Lipinski definition) is 2. The van der Waals surface area contributed by atoms with E-state index in [0.717, 1.165) is 25.4 Å². The second-order valence-corrected chi connectivity index (χ2v) is 8.39. The Bertz CT molecular complexity index is 674. The molecule has 0 spiro atoms. The van der Waals surface area contributed by atoms with E-state index in [4.69, 9.17) is 4.74 Å². The van der Waals surface area contributed by atoms with Crippen LogP contribution in [0.15, 0.2) is 54.6 Å². The maximum Gasteiger partial charge on any atom is 0.123 e. The summed E-state index contributed by atoms with van der Waals surface area (Å²) in [6.07, 6.45) is 1.20. The average molecular weight is 338 g/mol. The van der Waals surface area contributed by atoms with E-state index >= 15 is 0 Å². The molecule has 2 aromatic rings. The number of rotatable bonds is 4. The number of para-hydroxylation sites is 1. The van der Waals surface area contributed by atoms with Crippen molar-refractivity contribution in [2.45, 2.75) is 38.5 Å². The topological polar surface area (TPSA) is 12.5 Å². The zero-order chi connectivity index (χ0) is 17.9. The normalized spacial score (nSPS) is 21.9. The Kier molecular flexibility index (Phi) is 5.48. The first kappa shape index (κ1) is 18.0. The van der Waals surface area contributed by atoms with E-state index in [9.17, 15) is 0 Å². The summed E-state index contributed by atoms with van der Waals surface area (Å²) in [5, 5.41) is 0.